The molecule has 5 rings (SSSR count). The highest BCUT2D eigenvalue weighted by atomic mass is 79.9. The molecule has 3 aromatic rings. The van der Waals surface area contributed by atoms with Crippen LogP contribution in [0.3, 0.4) is 0 Å². The fourth-order valence-corrected chi connectivity index (χ4v) is 5.77. The molecule has 0 saturated carbocycles. The van der Waals surface area contributed by atoms with E-state index in [9.17, 15) is 4.79 Å². The first-order valence-corrected chi connectivity index (χ1v) is 11.5. The number of hydrogen-bond acceptors (Lipinski definition) is 2. The standard InChI is InChI=1S/C25H26BrN3O/c1-17-7-8-18(2)29(17)23(30)13-14-25(19-9-11-20(26)12-10-19)22-6-4-3-5-21(22)24-27-15-16-28(24)25/h3-6,9-12,15-18H,7-8,13-14H2,1-2H3/t17-,18-,25?/m1/s1. The van der Waals surface area contributed by atoms with Crippen molar-refractivity contribution in [3.63, 3.8) is 0 Å². The van der Waals surface area contributed by atoms with Crippen LogP contribution >= 0.6 is 15.9 Å². The van der Waals surface area contributed by atoms with Gasteiger partial charge in [0.2, 0.25) is 5.91 Å². The molecule has 154 valence electrons. The summed E-state index contributed by atoms with van der Waals surface area (Å²) in [5.41, 5.74) is 3.14. The van der Waals surface area contributed by atoms with E-state index in [1.54, 1.807) is 0 Å². The molecule has 2 aliphatic heterocycles. The molecule has 1 saturated heterocycles. The topological polar surface area (TPSA) is 38.1 Å². The van der Waals surface area contributed by atoms with E-state index < -0.39 is 5.54 Å². The normalized spacial score (nSPS) is 24.7. The maximum atomic E-state index is 13.3. The van der Waals surface area contributed by atoms with Crippen LogP contribution in [-0.4, -0.2) is 32.4 Å². The van der Waals surface area contributed by atoms with E-state index in [1.807, 2.05) is 6.20 Å². The van der Waals surface area contributed by atoms with Crippen LogP contribution in [0.1, 0.15) is 50.7 Å². The smallest absolute Gasteiger partial charge is 0.223 e. The lowest BCUT2D eigenvalue weighted by molar-refractivity contribution is -0.133. The van der Waals surface area contributed by atoms with Gasteiger partial charge >= 0.3 is 0 Å². The molecular weight excluding hydrogens is 438 g/mol. The number of fused-ring (bicyclic) bond motifs is 3. The van der Waals surface area contributed by atoms with Crippen LogP contribution in [-0.2, 0) is 10.3 Å². The first-order chi connectivity index (χ1) is 14.5. The molecule has 3 atom stereocenters. The van der Waals surface area contributed by atoms with E-state index in [4.69, 9.17) is 0 Å². The van der Waals surface area contributed by atoms with Gasteiger partial charge in [-0.25, -0.2) is 4.98 Å². The SMILES string of the molecule is C[C@@H]1CC[C@@H](C)N1C(=O)CCC1(c2ccc(Br)cc2)c2ccccc2-c2nccn21. The van der Waals surface area contributed by atoms with E-state index in [-0.39, 0.29) is 5.91 Å². The number of rotatable bonds is 4. The van der Waals surface area contributed by atoms with Gasteiger partial charge in [-0.1, -0.05) is 52.3 Å². The molecule has 1 amide bonds. The van der Waals surface area contributed by atoms with Crippen molar-refractivity contribution in [1.29, 1.82) is 0 Å². The fraction of sp³-hybridized carbons (Fsp3) is 0.360. The molecule has 2 aliphatic rings. The minimum Gasteiger partial charge on any atom is -0.337 e. The lowest BCUT2D eigenvalue weighted by Crippen LogP contribution is -2.40. The number of benzene rings is 2. The van der Waals surface area contributed by atoms with Gasteiger partial charge in [-0.15, -0.1) is 0 Å². The highest BCUT2D eigenvalue weighted by Gasteiger charge is 2.45. The van der Waals surface area contributed by atoms with Gasteiger partial charge < -0.3 is 9.47 Å². The lowest BCUT2D eigenvalue weighted by atomic mass is 9.79. The van der Waals surface area contributed by atoms with Crippen molar-refractivity contribution < 1.29 is 4.79 Å². The van der Waals surface area contributed by atoms with Crippen LogP contribution in [0.5, 0.6) is 0 Å². The third kappa shape index (κ3) is 2.86. The summed E-state index contributed by atoms with van der Waals surface area (Å²) in [5, 5.41) is 0. The molecule has 0 N–H and O–H groups in total. The van der Waals surface area contributed by atoms with Crippen LogP contribution in [0.4, 0.5) is 0 Å². The molecule has 0 spiro atoms. The molecule has 0 radical (unpaired) electrons. The second kappa shape index (κ2) is 7.38. The molecule has 0 bridgehead atoms. The Balaban J connectivity index is 1.59. The summed E-state index contributed by atoms with van der Waals surface area (Å²) < 4.78 is 3.32. The third-order valence-corrected chi connectivity index (χ3v) is 7.46. The number of likely N-dealkylation sites (tertiary alicyclic amines) is 1. The Kier molecular flexibility index (Phi) is 4.81. The summed E-state index contributed by atoms with van der Waals surface area (Å²) in [5.74, 6) is 1.24. The molecule has 30 heavy (non-hydrogen) atoms. The van der Waals surface area contributed by atoms with Gasteiger partial charge in [-0.05, 0) is 56.4 Å². The van der Waals surface area contributed by atoms with Gasteiger partial charge in [0.15, 0.2) is 0 Å². The van der Waals surface area contributed by atoms with Crippen molar-refractivity contribution in [2.75, 3.05) is 0 Å². The summed E-state index contributed by atoms with van der Waals surface area (Å²) >= 11 is 3.57. The highest BCUT2D eigenvalue weighted by Crippen LogP contribution is 2.49. The van der Waals surface area contributed by atoms with Gasteiger partial charge in [0.25, 0.3) is 0 Å². The maximum absolute atomic E-state index is 13.3. The Morgan fingerprint density at radius 1 is 1.10 bits per heavy atom. The van der Waals surface area contributed by atoms with Crippen molar-refractivity contribution in [3.05, 3.63) is 76.5 Å². The number of imidazole rings is 1. The van der Waals surface area contributed by atoms with Crippen LogP contribution in [0.2, 0.25) is 0 Å². The van der Waals surface area contributed by atoms with Gasteiger partial charge in [-0.2, -0.15) is 0 Å². The van der Waals surface area contributed by atoms with E-state index in [1.165, 1.54) is 11.1 Å². The van der Waals surface area contributed by atoms with Crippen molar-refractivity contribution in [3.8, 4) is 11.4 Å². The predicted molar refractivity (Wildman–Crippen MR) is 122 cm³/mol. The average Bonchev–Trinajstić information content (AvgIpc) is 3.42. The van der Waals surface area contributed by atoms with E-state index in [0.29, 0.717) is 24.9 Å². The highest BCUT2D eigenvalue weighted by molar-refractivity contribution is 9.10. The maximum Gasteiger partial charge on any atom is 0.223 e. The summed E-state index contributed by atoms with van der Waals surface area (Å²) in [6.45, 7) is 4.34. The van der Waals surface area contributed by atoms with Crippen molar-refractivity contribution in [2.24, 2.45) is 0 Å². The number of hydrogen-bond donors (Lipinski definition) is 0. The molecule has 1 unspecified atom stereocenters. The molecule has 1 fully saturated rings. The van der Waals surface area contributed by atoms with Gasteiger partial charge in [-0.3, -0.25) is 4.79 Å². The number of amides is 1. The first kappa shape index (κ1) is 19.6. The van der Waals surface area contributed by atoms with Crippen LogP contribution < -0.4 is 0 Å². The largest absolute Gasteiger partial charge is 0.337 e. The molecule has 5 heteroatoms. The van der Waals surface area contributed by atoms with Crippen LogP contribution in [0.25, 0.3) is 11.4 Å². The monoisotopic (exact) mass is 463 g/mol. The van der Waals surface area contributed by atoms with Gasteiger partial charge in [0.1, 0.15) is 5.82 Å². The number of carbonyl (C=O) groups excluding carboxylic acids is 1. The minimum absolute atomic E-state index is 0.259. The zero-order valence-electron chi connectivity index (χ0n) is 17.4. The number of halogens is 1. The Labute approximate surface area is 186 Å². The molecule has 1 aromatic heterocycles. The van der Waals surface area contributed by atoms with Crippen LogP contribution in [0, 0.1) is 0 Å². The average molecular weight is 464 g/mol. The Hall–Kier alpha value is -2.40. The Morgan fingerprint density at radius 3 is 2.53 bits per heavy atom. The van der Waals surface area contributed by atoms with Crippen molar-refractivity contribution in [2.45, 2.75) is 57.2 Å². The summed E-state index contributed by atoms with van der Waals surface area (Å²) in [6, 6.07) is 17.6. The summed E-state index contributed by atoms with van der Waals surface area (Å²) in [7, 11) is 0. The third-order valence-electron chi connectivity index (χ3n) is 6.93. The van der Waals surface area contributed by atoms with Gasteiger partial charge in [0.05, 0.1) is 5.54 Å². The molecule has 0 aliphatic carbocycles. The number of nitrogens with zero attached hydrogens (tertiary/aromatic N) is 3. The fourth-order valence-electron chi connectivity index (χ4n) is 5.50. The first-order valence-electron chi connectivity index (χ1n) is 10.7. The van der Waals surface area contributed by atoms with Crippen LogP contribution in [0.15, 0.2) is 65.4 Å². The molecule has 3 heterocycles. The zero-order chi connectivity index (χ0) is 20.9. The summed E-state index contributed by atoms with van der Waals surface area (Å²) in [6.07, 6.45) is 7.34. The Morgan fingerprint density at radius 2 is 1.80 bits per heavy atom. The van der Waals surface area contributed by atoms with Gasteiger partial charge in [0, 0.05) is 40.9 Å². The lowest BCUT2D eigenvalue weighted by Gasteiger charge is -2.35. The number of aromatic nitrogens is 2. The second-order valence-electron chi connectivity index (χ2n) is 8.61. The van der Waals surface area contributed by atoms with Crippen molar-refractivity contribution >= 4 is 21.8 Å². The Bertz CT molecular complexity index is 1080. The van der Waals surface area contributed by atoms with E-state index >= 15 is 0 Å². The summed E-state index contributed by atoms with van der Waals surface area (Å²) in [4.78, 5) is 20.1. The molecular formula is C25H26BrN3O. The minimum atomic E-state index is -0.426. The van der Waals surface area contributed by atoms with E-state index in [0.717, 1.165) is 28.7 Å². The van der Waals surface area contributed by atoms with E-state index in [2.05, 4.69) is 99.0 Å². The quantitative estimate of drug-likeness (QED) is 0.504. The molecule has 4 nitrogen and oxygen atoms in total. The van der Waals surface area contributed by atoms with Crippen molar-refractivity contribution in [1.82, 2.24) is 14.5 Å². The number of carbonyl (C=O) groups is 1. The second-order valence-corrected chi connectivity index (χ2v) is 9.53. The predicted octanol–water partition coefficient (Wildman–Crippen LogP) is 5.60. The zero-order valence-corrected chi connectivity index (χ0v) is 19.0. The molecule has 2 aromatic carbocycles.